The molecule has 3 aromatic rings. The van der Waals surface area contributed by atoms with Gasteiger partial charge in [0.25, 0.3) is 5.91 Å². The molecule has 0 bridgehead atoms. The number of amides is 2. The van der Waals surface area contributed by atoms with Crippen LogP contribution in [0.2, 0.25) is 0 Å². The average molecular weight is 502 g/mol. The van der Waals surface area contributed by atoms with Gasteiger partial charge in [0.1, 0.15) is 28.2 Å². The van der Waals surface area contributed by atoms with Crippen LogP contribution in [0.3, 0.4) is 0 Å². The molecule has 1 N–H and O–H groups in total. The van der Waals surface area contributed by atoms with E-state index in [0.29, 0.717) is 17.0 Å². The number of methoxy groups -OCH3 is 1. The number of nitrogens with zero attached hydrogens (tertiary/aromatic N) is 2. The second kappa shape index (κ2) is 11.1. The van der Waals surface area contributed by atoms with Crippen molar-refractivity contribution in [2.45, 2.75) is 24.6 Å². The van der Waals surface area contributed by atoms with Crippen molar-refractivity contribution in [1.29, 1.82) is 5.26 Å². The first-order chi connectivity index (χ1) is 17.4. The van der Waals surface area contributed by atoms with Crippen molar-refractivity contribution in [3.63, 3.8) is 0 Å². The van der Waals surface area contributed by atoms with E-state index < -0.39 is 17.0 Å². The number of halogens is 1. The number of benzene rings is 3. The van der Waals surface area contributed by atoms with Crippen LogP contribution in [0.25, 0.3) is 0 Å². The summed E-state index contributed by atoms with van der Waals surface area (Å²) in [7, 11) is 1.54. The minimum atomic E-state index is -0.707. The van der Waals surface area contributed by atoms with Crippen LogP contribution in [0.1, 0.15) is 24.1 Å². The van der Waals surface area contributed by atoms with Crippen molar-refractivity contribution in [3.05, 3.63) is 106 Å². The van der Waals surface area contributed by atoms with Gasteiger partial charge in [-0.15, -0.1) is 0 Å². The molecule has 0 aliphatic carbocycles. The van der Waals surface area contributed by atoms with E-state index in [2.05, 4.69) is 5.32 Å². The van der Waals surface area contributed by atoms with Crippen molar-refractivity contribution in [1.82, 2.24) is 5.32 Å². The fourth-order valence-corrected chi connectivity index (χ4v) is 5.21. The van der Waals surface area contributed by atoms with Gasteiger partial charge in [-0.1, -0.05) is 60.3 Å². The van der Waals surface area contributed by atoms with Crippen molar-refractivity contribution < 1.29 is 18.7 Å². The zero-order valence-corrected chi connectivity index (χ0v) is 20.6. The van der Waals surface area contributed by atoms with Gasteiger partial charge in [-0.2, -0.15) is 5.26 Å². The molecule has 0 spiro atoms. The normalized spacial score (nSPS) is 17.3. The van der Waals surface area contributed by atoms with Crippen LogP contribution in [0.5, 0.6) is 5.75 Å². The second-order valence-corrected chi connectivity index (χ2v) is 9.36. The Hall–Kier alpha value is -4.09. The van der Waals surface area contributed by atoms with Crippen LogP contribution in [-0.2, 0) is 16.0 Å². The van der Waals surface area contributed by atoms with E-state index in [1.165, 1.54) is 18.1 Å². The number of carbonyl (C=O) groups is 2. The Morgan fingerprint density at radius 2 is 1.78 bits per heavy atom. The molecule has 182 valence electrons. The highest BCUT2D eigenvalue weighted by atomic mass is 32.2. The third-order valence-corrected chi connectivity index (χ3v) is 7.11. The Balaban J connectivity index is 1.71. The molecule has 1 fully saturated rings. The number of thioether (sulfide) groups is 1. The molecule has 2 atom stereocenters. The number of nitrogens with one attached hydrogen (secondary N) is 1. The molecule has 3 aromatic carbocycles. The minimum Gasteiger partial charge on any atom is -0.497 e. The van der Waals surface area contributed by atoms with E-state index in [9.17, 15) is 19.2 Å². The highest BCUT2D eigenvalue weighted by Gasteiger charge is 2.41. The third-order valence-electron chi connectivity index (χ3n) is 5.85. The maximum absolute atomic E-state index is 14.4. The number of hydrogen-bond donors (Lipinski definition) is 1. The molecule has 2 unspecified atom stereocenters. The predicted octanol–water partition coefficient (Wildman–Crippen LogP) is 5.14. The molecular formula is C28H24FN3O3S. The number of ether oxygens (including phenoxy) is 1. The van der Waals surface area contributed by atoms with Gasteiger partial charge < -0.3 is 10.1 Å². The molecule has 0 aromatic heterocycles. The molecule has 1 aliphatic heterocycles. The summed E-state index contributed by atoms with van der Waals surface area (Å²) >= 11 is 1.09. The first kappa shape index (κ1) is 25.0. The van der Waals surface area contributed by atoms with Gasteiger partial charge >= 0.3 is 0 Å². The zero-order valence-electron chi connectivity index (χ0n) is 19.8. The Kier molecular flexibility index (Phi) is 7.71. The van der Waals surface area contributed by atoms with Crippen molar-refractivity contribution in [2.75, 3.05) is 12.0 Å². The topological polar surface area (TPSA) is 82.4 Å². The minimum absolute atomic E-state index is 0.118. The molecule has 0 radical (unpaired) electrons. The van der Waals surface area contributed by atoms with E-state index in [0.717, 1.165) is 17.3 Å². The van der Waals surface area contributed by atoms with Crippen LogP contribution in [0.15, 0.2) is 89.5 Å². The summed E-state index contributed by atoms with van der Waals surface area (Å²) in [5.74, 6) is -0.732. The SMILES string of the molecule is COc1ccc(N2C(=O)C(Cc3ccccc3F)S/C2=C(/C#N)C(=O)NC(C)c2ccccc2)cc1. The fraction of sp³-hybridized carbons (Fsp3) is 0.179. The number of hydrogen-bond acceptors (Lipinski definition) is 5. The average Bonchev–Trinajstić information content (AvgIpc) is 3.21. The lowest BCUT2D eigenvalue weighted by atomic mass is 10.1. The highest BCUT2D eigenvalue weighted by Crippen LogP contribution is 2.42. The molecule has 4 rings (SSSR count). The predicted molar refractivity (Wildman–Crippen MR) is 138 cm³/mol. The van der Waals surface area contributed by atoms with Crippen molar-refractivity contribution >= 4 is 29.3 Å². The first-order valence-electron chi connectivity index (χ1n) is 11.3. The lowest BCUT2D eigenvalue weighted by molar-refractivity contribution is -0.117. The van der Waals surface area contributed by atoms with E-state index in [4.69, 9.17) is 4.74 Å². The fourth-order valence-electron chi connectivity index (χ4n) is 3.91. The summed E-state index contributed by atoms with van der Waals surface area (Å²) in [6, 6.07) is 24.0. The van der Waals surface area contributed by atoms with Gasteiger partial charge in [0.15, 0.2) is 0 Å². The molecule has 0 saturated carbocycles. The summed E-state index contributed by atoms with van der Waals surface area (Å²) in [5.41, 5.74) is 1.58. The standard InChI is InChI=1S/C28H24FN3O3S/c1-18(19-8-4-3-5-9-19)31-26(33)23(17-30)28-32(21-12-14-22(35-2)15-13-21)27(34)25(36-28)16-20-10-6-7-11-24(20)29/h3-15,18,25H,16H2,1-2H3,(H,31,33)/b28-23-. The molecule has 1 heterocycles. The lowest BCUT2D eigenvalue weighted by Gasteiger charge is -2.20. The van der Waals surface area contributed by atoms with Crippen LogP contribution < -0.4 is 15.0 Å². The van der Waals surface area contributed by atoms with Crippen molar-refractivity contribution in [3.8, 4) is 11.8 Å². The van der Waals surface area contributed by atoms with Crippen LogP contribution in [0.4, 0.5) is 10.1 Å². The zero-order chi connectivity index (χ0) is 25.7. The van der Waals surface area contributed by atoms with E-state index in [1.807, 2.05) is 43.3 Å². The number of anilines is 1. The van der Waals surface area contributed by atoms with Crippen LogP contribution >= 0.6 is 11.8 Å². The molecule has 36 heavy (non-hydrogen) atoms. The Labute approximate surface area is 213 Å². The molecular weight excluding hydrogens is 477 g/mol. The molecule has 6 nitrogen and oxygen atoms in total. The first-order valence-corrected chi connectivity index (χ1v) is 12.2. The maximum atomic E-state index is 14.4. The maximum Gasteiger partial charge on any atom is 0.265 e. The van der Waals surface area contributed by atoms with Gasteiger partial charge in [0.05, 0.1) is 18.4 Å². The summed E-state index contributed by atoms with van der Waals surface area (Å²) in [6.45, 7) is 1.82. The quantitative estimate of drug-likeness (QED) is 0.358. The number of rotatable bonds is 7. The number of nitriles is 1. The molecule has 2 amide bonds. The largest absolute Gasteiger partial charge is 0.497 e. The summed E-state index contributed by atoms with van der Waals surface area (Å²) < 4.78 is 19.6. The molecule has 1 aliphatic rings. The van der Waals surface area contributed by atoms with Crippen LogP contribution in [-0.4, -0.2) is 24.2 Å². The number of carbonyl (C=O) groups excluding carboxylic acids is 2. The Bertz CT molecular complexity index is 1340. The highest BCUT2D eigenvalue weighted by molar-refractivity contribution is 8.05. The summed E-state index contributed by atoms with van der Waals surface area (Å²) in [6.07, 6.45) is 0.118. The lowest BCUT2D eigenvalue weighted by Crippen LogP contribution is -2.33. The van der Waals surface area contributed by atoms with Gasteiger partial charge in [0, 0.05) is 5.69 Å². The van der Waals surface area contributed by atoms with E-state index in [1.54, 1.807) is 42.5 Å². The summed E-state index contributed by atoms with van der Waals surface area (Å²) in [4.78, 5) is 28.1. The van der Waals surface area contributed by atoms with E-state index in [-0.39, 0.29) is 29.0 Å². The third kappa shape index (κ3) is 5.26. The second-order valence-electron chi connectivity index (χ2n) is 8.17. The van der Waals surface area contributed by atoms with Gasteiger partial charge in [-0.05, 0) is 54.8 Å². The van der Waals surface area contributed by atoms with Gasteiger partial charge in [0.2, 0.25) is 5.91 Å². The van der Waals surface area contributed by atoms with Gasteiger partial charge in [-0.25, -0.2) is 4.39 Å². The molecule has 1 saturated heterocycles. The Morgan fingerprint density at radius 1 is 1.11 bits per heavy atom. The van der Waals surface area contributed by atoms with Gasteiger partial charge in [-0.3, -0.25) is 14.5 Å². The monoisotopic (exact) mass is 501 g/mol. The van der Waals surface area contributed by atoms with E-state index >= 15 is 0 Å². The molecule has 8 heteroatoms. The van der Waals surface area contributed by atoms with Crippen molar-refractivity contribution in [2.24, 2.45) is 0 Å². The summed E-state index contributed by atoms with van der Waals surface area (Å²) in [5, 5.41) is 12.4. The van der Waals surface area contributed by atoms with Crippen LogP contribution in [0, 0.1) is 17.1 Å². The Morgan fingerprint density at radius 3 is 2.42 bits per heavy atom. The smallest absolute Gasteiger partial charge is 0.265 e.